The predicted octanol–water partition coefficient (Wildman–Crippen LogP) is 2.81. The monoisotopic (exact) mass is 362 g/mol. The molecule has 1 aliphatic rings. The molecule has 142 valence electrons. The lowest BCUT2D eigenvalue weighted by Gasteiger charge is -2.32. The lowest BCUT2D eigenvalue weighted by atomic mass is 10.0. The van der Waals surface area contributed by atoms with Gasteiger partial charge in [-0.3, -0.25) is 4.79 Å². The maximum atomic E-state index is 12.9. The lowest BCUT2D eigenvalue weighted by molar-refractivity contribution is 0.0520. The summed E-state index contributed by atoms with van der Waals surface area (Å²) in [5.74, 6) is 1.63. The number of hydrogen-bond donors (Lipinski definition) is 0. The number of aromatic nitrogens is 3. The highest BCUT2D eigenvalue weighted by Gasteiger charge is 2.34. The molecule has 3 heterocycles. The third kappa shape index (κ3) is 4.30. The molecule has 8 heteroatoms. The van der Waals surface area contributed by atoms with Gasteiger partial charge in [-0.25, -0.2) is 0 Å². The maximum Gasteiger partial charge on any atom is 0.293 e. The fourth-order valence-electron chi connectivity index (χ4n) is 3.20. The predicted molar refractivity (Wildman–Crippen MR) is 92.6 cm³/mol. The van der Waals surface area contributed by atoms with Crippen LogP contribution in [0, 0.1) is 5.92 Å². The summed E-state index contributed by atoms with van der Waals surface area (Å²) in [5.41, 5.74) is 0.802. The number of ether oxygens (including phenoxy) is 1. The van der Waals surface area contributed by atoms with Crippen molar-refractivity contribution < 1.29 is 18.6 Å². The zero-order chi connectivity index (χ0) is 18.5. The minimum atomic E-state index is -0.223. The molecule has 0 N–H and O–H groups in total. The highest BCUT2D eigenvalue weighted by Crippen LogP contribution is 2.31. The fourth-order valence-corrected chi connectivity index (χ4v) is 3.20. The van der Waals surface area contributed by atoms with Gasteiger partial charge in [0.15, 0.2) is 5.82 Å². The molecule has 26 heavy (non-hydrogen) atoms. The fraction of sp³-hybridized carbons (Fsp3) is 0.667. The van der Waals surface area contributed by atoms with Crippen LogP contribution < -0.4 is 0 Å². The molecule has 8 nitrogen and oxygen atoms in total. The molecule has 1 atom stereocenters. The van der Waals surface area contributed by atoms with Gasteiger partial charge in [-0.05, 0) is 31.6 Å². The number of nitrogens with zero attached hydrogens (tertiary/aromatic N) is 4. The molecule has 0 bridgehead atoms. The Morgan fingerprint density at radius 3 is 2.96 bits per heavy atom. The Balaban J connectivity index is 1.74. The third-order valence-corrected chi connectivity index (χ3v) is 4.45. The molecular weight excluding hydrogens is 336 g/mol. The lowest BCUT2D eigenvalue weighted by Crippen LogP contribution is -2.38. The Bertz CT molecular complexity index is 724. The van der Waals surface area contributed by atoms with Crippen molar-refractivity contribution in [3.8, 4) is 0 Å². The normalized spacial score (nSPS) is 17.8. The molecular formula is C18H26N4O4. The highest BCUT2D eigenvalue weighted by molar-refractivity contribution is 5.91. The summed E-state index contributed by atoms with van der Waals surface area (Å²) in [6, 6.07) is 1.52. The molecule has 3 rings (SSSR count). The SMILES string of the molecule is COCCc1noc([C@@H]2CCCCN2C(=O)c2cc(CC(C)C)no2)n1. The van der Waals surface area contributed by atoms with E-state index in [4.69, 9.17) is 13.8 Å². The van der Waals surface area contributed by atoms with Gasteiger partial charge in [0.05, 0.1) is 12.3 Å². The van der Waals surface area contributed by atoms with Gasteiger partial charge in [0, 0.05) is 26.1 Å². The smallest absolute Gasteiger partial charge is 0.293 e. The van der Waals surface area contributed by atoms with Crippen LogP contribution in [0.1, 0.15) is 67.1 Å². The van der Waals surface area contributed by atoms with Crippen molar-refractivity contribution in [2.45, 2.75) is 52.0 Å². The average Bonchev–Trinajstić information content (AvgIpc) is 3.28. The topological polar surface area (TPSA) is 94.5 Å². The van der Waals surface area contributed by atoms with Crippen molar-refractivity contribution >= 4 is 5.91 Å². The van der Waals surface area contributed by atoms with Crippen molar-refractivity contribution in [3.05, 3.63) is 29.2 Å². The zero-order valence-electron chi connectivity index (χ0n) is 15.6. The molecule has 0 unspecified atom stereocenters. The maximum absolute atomic E-state index is 12.9. The number of likely N-dealkylation sites (tertiary alicyclic amines) is 1. The van der Waals surface area contributed by atoms with Crippen molar-refractivity contribution in [1.29, 1.82) is 0 Å². The van der Waals surface area contributed by atoms with Gasteiger partial charge in [0.2, 0.25) is 11.7 Å². The van der Waals surface area contributed by atoms with Gasteiger partial charge in [-0.1, -0.05) is 24.2 Å². The van der Waals surface area contributed by atoms with E-state index in [1.54, 1.807) is 18.1 Å². The first-order valence-electron chi connectivity index (χ1n) is 9.16. The summed E-state index contributed by atoms with van der Waals surface area (Å²) in [4.78, 5) is 19.1. The number of methoxy groups -OCH3 is 1. The molecule has 0 radical (unpaired) electrons. The number of carbonyl (C=O) groups is 1. The number of piperidine rings is 1. The van der Waals surface area contributed by atoms with E-state index in [0.29, 0.717) is 37.2 Å². The molecule has 0 saturated carbocycles. The second-order valence-electron chi connectivity index (χ2n) is 7.08. The third-order valence-electron chi connectivity index (χ3n) is 4.45. The molecule has 0 aliphatic carbocycles. The molecule has 0 spiro atoms. The summed E-state index contributed by atoms with van der Waals surface area (Å²) < 4.78 is 15.8. The van der Waals surface area contributed by atoms with Crippen molar-refractivity contribution in [3.63, 3.8) is 0 Å². The van der Waals surface area contributed by atoms with Crippen LogP contribution in [0.4, 0.5) is 0 Å². The Morgan fingerprint density at radius 1 is 1.35 bits per heavy atom. The summed E-state index contributed by atoms with van der Waals surface area (Å²) in [5, 5.41) is 8.01. The van der Waals surface area contributed by atoms with Crippen LogP contribution in [-0.2, 0) is 17.6 Å². The summed E-state index contributed by atoms with van der Waals surface area (Å²) >= 11 is 0. The molecule has 1 fully saturated rings. The molecule has 2 aromatic heterocycles. The second-order valence-corrected chi connectivity index (χ2v) is 7.08. The zero-order valence-corrected chi connectivity index (χ0v) is 15.6. The van der Waals surface area contributed by atoms with Gasteiger partial charge >= 0.3 is 0 Å². The van der Waals surface area contributed by atoms with E-state index in [0.717, 1.165) is 31.4 Å². The van der Waals surface area contributed by atoms with Gasteiger partial charge in [-0.15, -0.1) is 0 Å². The van der Waals surface area contributed by atoms with E-state index < -0.39 is 0 Å². The number of hydrogen-bond acceptors (Lipinski definition) is 7. The summed E-state index contributed by atoms with van der Waals surface area (Å²) in [7, 11) is 1.63. The van der Waals surface area contributed by atoms with Crippen LogP contribution >= 0.6 is 0 Å². The van der Waals surface area contributed by atoms with Crippen molar-refractivity contribution in [2.75, 3.05) is 20.3 Å². The van der Waals surface area contributed by atoms with Crippen LogP contribution in [0.15, 0.2) is 15.1 Å². The first kappa shape index (κ1) is 18.6. The Kier molecular flexibility index (Phi) is 6.03. The highest BCUT2D eigenvalue weighted by atomic mass is 16.5. The molecule has 1 amide bonds. The first-order valence-corrected chi connectivity index (χ1v) is 9.16. The van der Waals surface area contributed by atoms with E-state index in [1.165, 1.54) is 0 Å². The van der Waals surface area contributed by atoms with Crippen LogP contribution in [0.2, 0.25) is 0 Å². The Morgan fingerprint density at radius 2 is 2.19 bits per heavy atom. The molecule has 2 aromatic rings. The van der Waals surface area contributed by atoms with Crippen LogP contribution in [0.3, 0.4) is 0 Å². The minimum Gasteiger partial charge on any atom is -0.384 e. The van der Waals surface area contributed by atoms with Crippen LogP contribution in [0.25, 0.3) is 0 Å². The number of carbonyl (C=O) groups excluding carboxylic acids is 1. The van der Waals surface area contributed by atoms with Gasteiger partial charge < -0.3 is 18.7 Å². The standard InChI is InChI=1S/C18H26N4O4/c1-12(2)10-13-11-15(25-20-13)18(23)22-8-5-4-6-14(22)17-19-16(21-26-17)7-9-24-3/h11-12,14H,4-10H2,1-3H3/t14-/m0/s1. The molecule has 1 saturated heterocycles. The van der Waals surface area contributed by atoms with Gasteiger partial charge in [0.25, 0.3) is 5.91 Å². The van der Waals surface area contributed by atoms with Crippen LogP contribution in [-0.4, -0.2) is 46.4 Å². The Labute approximate surface area is 152 Å². The van der Waals surface area contributed by atoms with Crippen molar-refractivity contribution in [1.82, 2.24) is 20.2 Å². The van der Waals surface area contributed by atoms with Crippen LogP contribution in [0.5, 0.6) is 0 Å². The van der Waals surface area contributed by atoms with E-state index in [2.05, 4.69) is 29.1 Å². The first-order chi connectivity index (χ1) is 12.6. The van der Waals surface area contributed by atoms with E-state index in [9.17, 15) is 4.79 Å². The van der Waals surface area contributed by atoms with E-state index >= 15 is 0 Å². The summed E-state index contributed by atoms with van der Waals surface area (Å²) in [6.07, 6.45) is 4.12. The van der Waals surface area contributed by atoms with Gasteiger partial charge in [0.1, 0.15) is 6.04 Å². The van der Waals surface area contributed by atoms with E-state index in [-0.39, 0.29) is 17.7 Å². The summed E-state index contributed by atoms with van der Waals surface area (Å²) in [6.45, 7) is 5.38. The average molecular weight is 362 g/mol. The largest absolute Gasteiger partial charge is 0.384 e. The minimum absolute atomic E-state index is 0.172. The molecule has 1 aliphatic heterocycles. The van der Waals surface area contributed by atoms with E-state index in [1.807, 2.05) is 0 Å². The number of rotatable bonds is 7. The van der Waals surface area contributed by atoms with Gasteiger partial charge in [-0.2, -0.15) is 4.98 Å². The second kappa shape index (κ2) is 8.44. The van der Waals surface area contributed by atoms with Crippen molar-refractivity contribution in [2.24, 2.45) is 5.92 Å². The quantitative estimate of drug-likeness (QED) is 0.747. The molecule has 0 aromatic carbocycles. The Hall–Kier alpha value is -2.22. The number of amides is 1.